The Morgan fingerprint density at radius 3 is 2.29 bits per heavy atom. The molecule has 0 bridgehead atoms. The van der Waals surface area contributed by atoms with Crippen LogP contribution in [0.4, 0.5) is 0 Å². The monoisotopic (exact) mass is 159 g/mol. The summed E-state index contributed by atoms with van der Waals surface area (Å²) < 4.78 is 10.1. The van der Waals surface area contributed by atoms with E-state index in [0.717, 1.165) is 6.42 Å². The van der Waals surface area contributed by atoms with E-state index in [-0.39, 0.29) is 0 Å². The molecule has 0 spiro atoms. The van der Waals surface area contributed by atoms with Crippen molar-refractivity contribution in [3.8, 4) is 0 Å². The first-order valence-corrected chi connectivity index (χ1v) is 4.82. The Morgan fingerprint density at radius 1 is 1.57 bits per heavy atom. The summed E-state index contributed by atoms with van der Waals surface area (Å²) in [6.45, 7) is 0. The minimum absolute atomic E-state index is 0.542. The van der Waals surface area contributed by atoms with Gasteiger partial charge < -0.3 is 0 Å². The van der Waals surface area contributed by atoms with E-state index in [1.54, 1.807) is 0 Å². The molecule has 0 aromatic heterocycles. The molecule has 1 atom stereocenters. The molecule has 0 saturated heterocycles. The van der Waals surface area contributed by atoms with Crippen LogP contribution in [-0.2, 0) is 4.57 Å². The molecule has 0 aliphatic carbocycles. The topological polar surface area (TPSA) is 17.1 Å². The highest BCUT2D eigenvalue weighted by Crippen LogP contribution is 2.26. The zero-order chi connectivity index (χ0) is 5.70. The molecule has 7 heavy (non-hydrogen) atoms. The summed E-state index contributed by atoms with van der Waals surface area (Å²) >= 11 is 10.4. The van der Waals surface area contributed by atoms with Crippen molar-refractivity contribution in [1.82, 2.24) is 0 Å². The van der Waals surface area contributed by atoms with Gasteiger partial charge in [0.25, 0.3) is 0 Å². The molecular formula is C3H6Cl2OP+. The summed E-state index contributed by atoms with van der Waals surface area (Å²) in [6, 6.07) is 0. The lowest BCUT2D eigenvalue weighted by molar-refractivity contribution is 0.595. The molecule has 0 fully saturated rings. The lowest BCUT2D eigenvalue weighted by Gasteiger charge is -1.73. The van der Waals surface area contributed by atoms with Crippen molar-refractivity contribution >= 4 is 30.0 Å². The van der Waals surface area contributed by atoms with Crippen molar-refractivity contribution in [2.24, 2.45) is 0 Å². The predicted molar refractivity (Wildman–Crippen MR) is 33.7 cm³/mol. The third-order valence-corrected chi connectivity index (χ3v) is 1.91. The van der Waals surface area contributed by atoms with Gasteiger partial charge in [-0.25, -0.2) is 0 Å². The number of rotatable bonds is 3. The number of halogens is 2. The molecule has 1 unspecified atom stereocenters. The highest BCUT2D eigenvalue weighted by molar-refractivity contribution is 7.73. The third kappa shape index (κ3) is 6.68. The number of alkyl halides is 1. The van der Waals surface area contributed by atoms with Crippen molar-refractivity contribution in [2.75, 3.05) is 12.0 Å². The fourth-order valence-corrected chi connectivity index (χ4v) is 1.27. The van der Waals surface area contributed by atoms with E-state index in [0.29, 0.717) is 12.0 Å². The van der Waals surface area contributed by atoms with Crippen molar-refractivity contribution in [2.45, 2.75) is 6.42 Å². The molecule has 0 radical (unpaired) electrons. The van der Waals surface area contributed by atoms with Crippen LogP contribution in [0.15, 0.2) is 0 Å². The normalized spacial score (nSPS) is 11.4. The lowest BCUT2D eigenvalue weighted by Crippen LogP contribution is -1.74. The Labute approximate surface area is 53.6 Å². The average Bonchev–Trinajstić information content (AvgIpc) is 1.61. The van der Waals surface area contributed by atoms with Crippen LogP contribution in [0.2, 0.25) is 0 Å². The minimum atomic E-state index is -1.47. The van der Waals surface area contributed by atoms with Crippen molar-refractivity contribution in [3.63, 3.8) is 0 Å². The first-order valence-electron chi connectivity index (χ1n) is 1.94. The summed E-state index contributed by atoms with van der Waals surface area (Å²) in [6.07, 6.45) is 1.29. The van der Waals surface area contributed by atoms with E-state index in [4.69, 9.17) is 22.8 Å². The van der Waals surface area contributed by atoms with Crippen molar-refractivity contribution in [1.29, 1.82) is 0 Å². The Balaban J connectivity index is 2.82. The standard InChI is InChI=1S/C3H6Cl2OP/c4-2-1-3-7(5)6/h1-3H2/q+1. The molecule has 42 valence electrons. The smallest absolute Gasteiger partial charge is 0.127 e. The van der Waals surface area contributed by atoms with E-state index in [1.165, 1.54) is 0 Å². The van der Waals surface area contributed by atoms with Gasteiger partial charge in [-0.05, 0) is 0 Å². The molecule has 0 aliphatic heterocycles. The zero-order valence-corrected chi connectivity index (χ0v) is 6.14. The molecule has 0 N–H and O–H groups in total. The second-order valence-corrected chi connectivity index (χ2v) is 3.68. The molecule has 0 aromatic carbocycles. The van der Waals surface area contributed by atoms with Gasteiger partial charge >= 0.3 is 7.15 Å². The molecule has 0 heterocycles. The van der Waals surface area contributed by atoms with Crippen molar-refractivity contribution in [3.05, 3.63) is 0 Å². The first-order chi connectivity index (χ1) is 3.27. The van der Waals surface area contributed by atoms with Crippen LogP contribution < -0.4 is 0 Å². The molecule has 0 saturated carbocycles. The molecule has 0 aromatic rings. The summed E-state index contributed by atoms with van der Waals surface area (Å²) in [5.74, 6) is 0.549. The van der Waals surface area contributed by atoms with Crippen LogP contribution in [0.1, 0.15) is 6.42 Å². The van der Waals surface area contributed by atoms with Gasteiger partial charge in [0, 0.05) is 12.3 Å². The van der Waals surface area contributed by atoms with E-state index < -0.39 is 7.15 Å². The van der Waals surface area contributed by atoms with Crippen LogP contribution in [0.25, 0.3) is 0 Å². The van der Waals surface area contributed by atoms with Gasteiger partial charge in [0.15, 0.2) is 6.16 Å². The summed E-state index contributed by atoms with van der Waals surface area (Å²) in [4.78, 5) is 0. The van der Waals surface area contributed by atoms with E-state index in [9.17, 15) is 4.57 Å². The Morgan fingerprint density at radius 2 is 2.14 bits per heavy atom. The second kappa shape index (κ2) is 4.83. The quantitative estimate of drug-likeness (QED) is 0.458. The molecule has 0 rings (SSSR count). The fourth-order valence-electron chi connectivity index (χ4n) is 0.184. The van der Waals surface area contributed by atoms with Crippen LogP contribution >= 0.6 is 30.0 Å². The minimum Gasteiger partial charge on any atom is -0.127 e. The average molecular weight is 160 g/mol. The second-order valence-electron chi connectivity index (χ2n) is 1.08. The maximum Gasteiger partial charge on any atom is 0.454 e. The van der Waals surface area contributed by atoms with E-state index in [2.05, 4.69) is 0 Å². The van der Waals surface area contributed by atoms with Crippen LogP contribution in [0.3, 0.4) is 0 Å². The van der Waals surface area contributed by atoms with Gasteiger partial charge in [-0.15, -0.1) is 11.6 Å². The van der Waals surface area contributed by atoms with Gasteiger partial charge in [0.1, 0.15) is 0 Å². The number of hydrogen-bond acceptors (Lipinski definition) is 1. The van der Waals surface area contributed by atoms with Gasteiger partial charge in [0.05, 0.1) is 0 Å². The van der Waals surface area contributed by atoms with Gasteiger partial charge in [0.2, 0.25) is 11.2 Å². The summed E-state index contributed by atoms with van der Waals surface area (Å²) in [7, 11) is -1.47. The third-order valence-electron chi connectivity index (χ3n) is 0.468. The predicted octanol–water partition coefficient (Wildman–Crippen LogP) is 2.60. The lowest BCUT2D eigenvalue weighted by atomic mass is 10.6. The maximum atomic E-state index is 10.1. The number of hydrogen-bond donors (Lipinski definition) is 0. The maximum absolute atomic E-state index is 10.1. The molecule has 4 heteroatoms. The van der Waals surface area contributed by atoms with Crippen molar-refractivity contribution < 1.29 is 4.57 Å². The van der Waals surface area contributed by atoms with E-state index in [1.807, 2.05) is 0 Å². The van der Waals surface area contributed by atoms with Crippen LogP contribution in [0, 0.1) is 0 Å². The van der Waals surface area contributed by atoms with Crippen LogP contribution in [0.5, 0.6) is 0 Å². The van der Waals surface area contributed by atoms with Gasteiger partial charge in [-0.1, -0.05) is 4.57 Å². The first kappa shape index (κ1) is 7.68. The Kier molecular flexibility index (Phi) is 5.30. The SMILES string of the molecule is O=[P+](Cl)CCCCl. The zero-order valence-electron chi connectivity index (χ0n) is 3.73. The molecular weight excluding hydrogens is 154 g/mol. The van der Waals surface area contributed by atoms with Gasteiger partial charge in [-0.2, -0.15) is 0 Å². The van der Waals surface area contributed by atoms with E-state index >= 15 is 0 Å². The highest BCUT2D eigenvalue weighted by atomic mass is 35.7. The summed E-state index contributed by atoms with van der Waals surface area (Å²) in [5.41, 5.74) is 0. The Bertz CT molecular complexity index is 66.0. The molecule has 0 amide bonds. The van der Waals surface area contributed by atoms with Gasteiger partial charge in [-0.3, -0.25) is 0 Å². The highest BCUT2D eigenvalue weighted by Gasteiger charge is 2.07. The fraction of sp³-hybridized carbons (Fsp3) is 1.00. The van der Waals surface area contributed by atoms with Crippen LogP contribution in [-0.4, -0.2) is 12.0 Å². The Hall–Kier alpha value is 0.680. The molecule has 1 nitrogen and oxygen atoms in total. The largest absolute Gasteiger partial charge is 0.454 e. The summed E-state index contributed by atoms with van der Waals surface area (Å²) in [5, 5.41) is 0. The molecule has 0 aliphatic rings.